The van der Waals surface area contributed by atoms with Gasteiger partial charge in [-0.1, -0.05) is 41.9 Å². The van der Waals surface area contributed by atoms with Crippen LogP contribution in [0.5, 0.6) is 5.75 Å². The zero-order valence-corrected chi connectivity index (χ0v) is 21.1. The van der Waals surface area contributed by atoms with Crippen molar-refractivity contribution in [1.82, 2.24) is 5.32 Å². The highest BCUT2D eigenvalue weighted by atomic mass is 35.5. The van der Waals surface area contributed by atoms with Crippen molar-refractivity contribution < 1.29 is 19.1 Å². The molecule has 36 heavy (non-hydrogen) atoms. The Morgan fingerprint density at radius 1 is 1.08 bits per heavy atom. The SMILES string of the molecule is Cc1cccc(NC(=O)COc2ccc(Cl)cc2/C=C2/C(=O)NC(=S)N(c3ccccc3)C2=O)c1C. The number of para-hydroxylation sites is 1. The van der Waals surface area contributed by atoms with Crippen molar-refractivity contribution in [3.63, 3.8) is 0 Å². The third-order valence-electron chi connectivity index (χ3n) is 5.63. The molecule has 0 atom stereocenters. The molecule has 7 nitrogen and oxygen atoms in total. The first-order valence-electron chi connectivity index (χ1n) is 11.0. The molecule has 0 aliphatic carbocycles. The van der Waals surface area contributed by atoms with E-state index in [2.05, 4.69) is 10.6 Å². The van der Waals surface area contributed by atoms with E-state index in [9.17, 15) is 14.4 Å². The number of carbonyl (C=O) groups is 3. The summed E-state index contributed by atoms with van der Waals surface area (Å²) in [6, 6.07) is 19.1. The zero-order valence-electron chi connectivity index (χ0n) is 19.5. The van der Waals surface area contributed by atoms with Crippen LogP contribution in [-0.2, 0) is 14.4 Å². The van der Waals surface area contributed by atoms with Gasteiger partial charge in [0, 0.05) is 16.3 Å². The van der Waals surface area contributed by atoms with E-state index in [-0.39, 0.29) is 28.9 Å². The lowest BCUT2D eigenvalue weighted by Crippen LogP contribution is -2.54. The lowest BCUT2D eigenvalue weighted by Gasteiger charge is -2.29. The summed E-state index contributed by atoms with van der Waals surface area (Å²) in [5, 5.41) is 5.73. The molecule has 2 N–H and O–H groups in total. The standard InChI is InChI=1S/C27H22ClN3O4S/c1-16-7-6-10-22(17(16)2)29-24(32)15-35-23-12-11-19(28)13-18(23)14-21-25(33)30-27(36)31(26(21)34)20-8-4-3-5-9-20/h3-14H,15H2,1-2H3,(H,29,32)(H,30,33,36)/b21-14-. The molecule has 0 bridgehead atoms. The molecule has 1 aliphatic heterocycles. The summed E-state index contributed by atoms with van der Waals surface area (Å²) < 4.78 is 5.74. The average Bonchev–Trinajstić information content (AvgIpc) is 2.84. The normalized spacial score (nSPS) is 14.6. The highest BCUT2D eigenvalue weighted by Gasteiger charge is 2.34. The van der Waals surface area contributed by atoms with Crippen molar-refractivity contribution in [2.45, 2.75) is 13.8 Å². The van der Waals surface area contributed by atoms with Gasteiger partial charge in [-0.05, 0) is 79.7 Å². The van der Waals surface area contributed by atoms with Crippen LogP contribution >= 0.6 is 23.8 Å². The summed E-state index contributed by atoms with van der Waals surface area (Å²) in [5.41, 5.74) is 3.44. The molecule has 4 rings (SSSR count). The Hall–Kier alpha value is -4.01. The fourth-order valence-electron chi connectivity index (χ4n) is 3.60. The first kappa shape index (κ1) is 25.1. The number of carbonyl (C=O) groups excluding carboxylic acids is 3. The third-order valence-corrected chi connectivity index (χ3v) is 6.14. The Morgan fingerprint density at radius 2 is 1.83 bits per heavy atom. The number of ether oxygens (including phenoxy) is 1. The molecule has 1 saturated heterocycles. The number of halogens is 1. The number of nitrogens with one attached hydrogen (secondary N) is 2. The van der Waals surface area contributed by atoms with Gasteiger partial charge in [-0.25, -0.2) is 0 Å². The molecule has 0 saturated carbocycles. The predicted molar refractivity (Wildman–Crippen MR) is 144 cm³/mol. The van der Waals surface area contributed by atoms with Gasteiger partial charge in [-0.15, -0.1) is 0 Å². The van der Waals surface area contributed by atoms with Gasteiger partial charge in [-0.3, -0.25) is 24.6 Å². The summed E-state index contributed by atoms with van der Waals surface area (Å²) in [6.45, 7) is 3.60. The second-order valence-corrected chi connectivity index (χ2v) is 8.88. The molecule has 0 unspecified atom stereocenters. The smallest absolute Gasteiger partial charge is 0.270 e. The fourth-order valence-corrected chi connectivity index (χ4v) is 4.07. The molecular weight excluding hydrogens is 498 g/mol. The number of rotatable bonds is 6. The van der Waals surface area contributed by atoms with Gasteiger partial charge in [0.2, 0.25) is 0 Å². The number of anilines is 2. The molecule has 0 spiro atoms. The van der Waals surface area contributed by atoms with Gasteiger partial charge in [-0.2, -0.15) is 0 Å². The third kappa shape index (κ3) is 5.45. The van der Waals surface area contributed by atoms with Crippen LogP contribution in [0.4, 0.5) is 11.4 Å². The number of hydrogen-bond donors (Lipinski definition) is 2. The first-order chi connectivity index (χ1) is 17.2. The zero-order chi connectivity index (χ0) is 25.8. The fraction of sp³-hybridized carbons (Fsp3) is 0.111. The van der Waals surface area contributed by atoms with Crippen molar-refractivity contribution in [1.29, 1.82) is 0 Å². The topological polar surface area (TPSA) is 87.7 Å². The highest BCUT2D eigenvalue weighted by molar-refractivity contribution is 7.80. The number of nitrogens with zero attached hydrogens (tertiary/aromatic N) is 1. The number of hydrogen-bond acceptors (Lipinski definition) is 5. The van der Waals surface area contributed by atoms with Crippen LogP contribution in [0.3, 0.4) is 0 Å². The van der Waals surface area contributed by atoms with E-state index in [4.69, 9.17) is 28.6 Å². The minimum atomic E-state index is -0.643. The molecule has 1 heterocycles. The van der Waals surface area contributed by atoms with E-state index < -0.39 is 11.8 Å². The summed E-state index contributed by atoms with van der Waals surface area (Å²) in [4.78, 5) is 39.7. The van der Waals surface area contributed by atoms with Gasteiger partial charge < -0.3 is 10.1 Å². The molecule has 3 aromatic rings. The van der Waals surface area contributed by atoms with Crippen molar-refractivity contribution in [3.05, 3.63) is 94.0 Å². The molecule has 0 aromatic heterocycles. The molecule has 0 radical (unpaired) electrons. The molecule has 182 valence electrons. The van der Waals surface area contributed by atoms with Gasteiger partial charge in [0.05, 0.1) is 5.69 Å². The summed E-state index contributed by atoms with van der Waals surface area (Å²) >= 11 is 11.4. The van der Waals surface area contributed by atoms with Crippen molar-refractivity contribution in [2.24, 2.45) is 0 Å². The highest BCUT2D eigenvalue weighted by Crippen LogP contribution is 2.28. The van der Waals surface area contributed by atoms with Crippen LogP contribution in [0.1, 0.15) is 16.7 Å². The quantitative estimate of drug-likeness (QED) is 0.277. The van der Waals surface area contributed by atoms with Crippen molar-refractivity contribution in [2.75, 3.05) is 16.8 Å². The Morgan fingerprint density at radius 3 is 2.58 bits per heavy atom. The van der Waals surface area contributed by atoms with E-state index in [1.807, 2.05) is 38.1 Å². The number of amides is 3. The monoisotopic (exact) mass is 519 g/mol. The Bertz CT molecular complexity index is 1410. The summed E-state index contributed by atoms with van der Waals surface area (Å²) in [5.74, 6) is -1.31. The largest absolute Gasteiger partial charge is 0.483 e. The summed E-state index contributed by atoms with van der Waals surface area (Å²) in [6.07, 6.45) is 1.37. The van der Waals surface area contributed by atoms with Gasteiger partial charge >= 0.3 is 0 Å². The maximum absolute atomic E-state index is 13.2. The Kier molecular flexibility index (Phi) is 7.47. The predicted octanol–water partition coefficient (Wildman–Crippen LogP) is 4.81. The van der Waals surface area contributed by atoms with Gasteiger partial charge in [0.15, 0.2) is 11.7 Å². The maximum atomic E-state index is 13.2. The van der Waals surface area contributed by atoms with E-state index in [0.29, 0.717) is 22.0 Å². The van der Waals surface area contributed by atoms with Crippen LogP contribution in [0.25, 0.3) is 6.08 Å². The molecule has 1 aliphatic rings. The Balaban J connectivity index is 1.58. The molecule has 1 fully saturated rings. The van der Waals surface area contributed by atoms with Crippen molar-refractivity contribution in [3.8, 4) is 5.75 Å². The first-order valence-corrected chi connectivity index (χ1v) is 11.8. The minimum absolute atomic E-state index is 0.0148. The van der Waals surface area contributed by atoms with Crippen LogP contribution in [-0.4, -0.2) is 29.4 Å². The van der Waals surface area contributed by atoms with Crippen LogP contribution in [0.15, 0.2) is 72.3 Å². The minimum Gasteiger partial charge on any atom is -0.483 e. The lowest BCUT2D eigenvalue weighted by atomic mass is 10.1. The molecule has 9 heteroatoms. The molecule has 3 amide bonds. The Labute approximate surface area is 218 Å². The van der Waals surface area contributed by atoms with E-state index in [0.717, 1.165) is 11.1 Å². The van der Waals surface area contributed by atoms with Crippen LogP contribution in [0.2, 0.25) is 5.02 Å². The van der Waals surface area contributed by atoms with Crippen molar-refractivity contribution >= 4 is 64.1 Å². The number of aryl methyl sites for hydroxylation is 1. The molecular formula is C27H22ClN3O4S. The maximum Gasteiger partial charge on any atom is 0.270 e. The lowest BCUT2D eigenvalue weighted by molar-refractivity contribution is -0.122. The average molecular weight is 520 g/mol. The second-order valence-electron chi connectivity index (χ2n) is 8.06. The van der Waals surface area contributed by atoms with Gasteiger partial charge in [0.1, 0.15) is 11.3 Å². The van der Waals surface area contributed by atoms with E-state index in [1.54, 1.807) is 42.5 Å². The second kappa shape index (κ2) is 10.7. The van der Waals surface area contributed by atoms with Crippen LogP contribution in [0, 0.1) is 13.8 Å². The van der Waals surface area contributed by atoms with Crippen LogP contribution < -0.4 is 20.3 Å². The molecule has 3 aromatic carbocycles. The van der Waals surface area contributed by atoms with E-state index >= 15 is 0 Å². The summed E-state index contributed by atoms with van der Waals surface area (Å²) in [7, 11) is 0. The number of benzene rings is 3. The van der Waals surface area contributed by atoms with E-state index in [1.165, 1.54) is 11.0 Å². The number of thiocarbonyl (C=S) groups is 1. The van der Waals surface area contributed by atoms with Gasteiger partial charge in [0.25, 0.3) is 17.7 Å².